The smallest absolute Gasteiger partial charge is 0.118 e. The third kappa shape index (κ3) is 3.56. The second-order valence-corrected chi connectivity index (χ2v) is 8.24. The zero-order chi connectivity index (χ0) is 19.8. The summed E-state index contributed by atoms with van der Waals surface area (Å²) < 4.78 is 7.28. The van der Waals surface area contributed by atoms with Gasteiger partial charge >= 0.3 is 0 Å². The maximum atomic E-state index is 10.7. The van der Waals surface area contributed by atoms with Crippen LogP contribution in [-0.4, -0.2) is 45.1 Å². The van der Waals surface area contributed by atoms with Crippen LogP contribution < -0.4 is 4.74 Å². The Balaban J connectivity index is 1.51. The Morgan fingerprint density at radius 3 is 2.55 bits per heavy atom. The molecule has 0 spiro atoms. The standard InChI is InChI=1S/C24H27N3O2/c1-29-21-11-9-18(10-12-21)23-19(17-27(25-23)20-6-3-2-4-7-20)16-26-15-5-8-22(26)24(28)13-14-24/h2-4,6-7,9-12,17,22,28H,5,8,13-16H2,1H3. The summed E-state index contributed by atoms with van der Waals surface area (Å²) in [6, 6.07) is 18.6. The molecule has 3 aromatic rings. The number of rotatable bonds is 6. The van der Waals surface area contributed by atoms with Gasteiger partial charge in [0, 0.05) is 29.9 Å². The Kier molecular flexibility index (Phi) is 4.64. The van der Waals surface area contributed by atoms with Gasteiger partial charge in [-0.1, -0.05) is 18.2 Å². The van der Waals surface area contributed by atoms with Gasteiger partial charge in [-0.25, -0.2) is 4.68 Å². The molecule has 2 heterocycles. The topological polar surface area (TPSA) is 50.5 Å². The number of benzene rings is 2. The van der Waals surface area contributed by atoms with Crippen LogP contribution in [0.15, 0.2) is 60.8 Å². The van der Waals surface area contributed by atoms with Crippen LogP contribution in [0.2, 0.25) is 0 Å². The van der Waals surface area contributed by atoms with Crippen molar-refractivity contribution in [2.24, 2.45) is 0 Å². The molecule has 1 aliphatic heterocycles. The van der Waals surface area contributed by atoms with Gasteiger partial charge in [0.15, 0.2) is 0 Å². The minimum absolute atomic E-state index is 0.270. The zero-order valence-electron chi connectivity index (χ0n) is 16.8. The van der Waals surface area contributed by atoms with Crippen LogP contribution >= 0.6 is 0 Å². The van der Waals surface area contributed by atoms with Crippen molar-refractivity contribution < 1.29 is 9.84 Å². The predicted octanol–water partition coefficient (Wildman–Crippen LogP) is 4.04. The summed E-state index contributed by atoms with van der Waals surface area (Å²) in [5.74, 6) is 0.841. The Morgan fingerprint density at radius 1 is 1.10 bits per heavy atom. The molecule has 0 bridgehead atoms. The van der Waals surface area contributed by atoms with Gasteiger partial charge in [-0.2, -0.15) is 5.10 Å². The van der Waals surface area contributed by atoms with Crippen molar-refractivity contribution in [2.75, 3.05) is 13.7 Å². The van der Waals surface area contributed by atoms with Crippen molar-refractivity contribution in [3.8, 4) is 22.7 Å². The lowest BCUT2D eigenvalue weighted by Crippen LogP contribution is -2.40. The van der Waals surface area contributed by atoms with Gasteiger partial charge in [0.1, 0.15) is 5.75 Å². The van der Waals surface area contributed by atoms with E-state index in [9.17, 15) is 5.11 Å². The molecule has 1 atom stereocenters. The van der Waals surface area contributed by atoms with E-state index in [2.05, 4.69) is 35.4 Å². The number of hydrogen-bond acceptors (Lipinski definition) is 4. The first-order valence-corrected chi connectivity index (χ1v) is 10.4. The lowest BCUT2D eigenvalue weighted by atomic mass is 10.0. The van der Waals surface area contributed by atoms with Crippen molar-refractivity contribution >= 4 is 0 Å². The molecular weight excluding hydrogens is 362 g/mol. The number of likely N-dealkylation sites (tertiary alicyclic amines) is 1. The molecule has 150 valence electrons. The van der Waals surface area contributed by atoms with E-state index in [0.29, 0.717) is 0 Å². The van der Waals surface area contributed by atoms with Crippen LogP contribution in [0.5, 0.6) is 5.75 Å². The van der Waals surface area contributed by atoms with Gasteiger partial charge in [-0.3, -0.25) is 4.90 Å². The Morgan fingerprint density at radius 2 is 1.86 bits per heavy atom. The summed E-state index contributed by atoms with van der Waals surface area (Å²) in [5.41, 5.74) is 3.84. The molecule has 1 unspecified atom stereocenters. The van der Waals surface area contributed by atoms with E-state index in [-0.39, 0.29) is 6.04 Å². The van der Waals surface area contributed by atoms with Gasteiger partial charge < -0.3 is 9.84 Å². The van der Waals surface area contributed by atoms with Crippen LogP contribution in [0.25, 0.3) is 16.9 Å². The summed E-state index contributed by atoms with van der Waals surface area (Å²) in [6.45, 7) is 1.84. The van der Waals surface area contributed by atoms with Crippen molar-refractivity contribution in [1.29, 1.82) is 0 Å². The number of methoxy groups -OCH3 is 1. The van der Waals surface area contributed by atoms with Gasteiger partial charge in [0.25, 0.3) is 0 Å². The predicted molar refractivity (Wildman–Crippen MR) is 113 cm³/mol. The van der Waals surface area contributed by atoms with Crippen LogP contribution in [0.1, 0.15) is 31.2 Å². The molecule has 1 aliphatic carbocycles. The minimum atomic E-state index is -0.466. The number of ether oxygens (including phenoxy) is 1. The van der Waals surface area contributed by atoms with Crippen molar-refractivity contribution in [1.82, 2.24) is 14.7 Å². The molecule has 5 heteroatoms. The molecule has 0 radical (unpaired) electrons. The summed E-state index contributed by atoms with van der Waals surface area (Å²) in [6.07, 6.45) is 6.24. The van der Waals surface area contributed by atoms with Gasteiger partial charge in [-0.05, 0) is 68.6 Å². The Hall–Kier alpha value is -2.63. The summed E-state index contributed by atoms with van der Waals surface area (Å²) in [4.78, 5) is 2.45. The zero-order valence-corrected chi connectivity index (χ0v) is 16.8. The SMILES string of the molecule is COc1ccc(-c2nn(-c3ccccc3)cc2CN2CCCC2C2(O)CC2)cc1. The van der Waals surface area contributed by atoms with Crippen LogP contribution in [0, 0.1) is 0 Å². The molecule has 1 saturated carbocycles. The molecule has 2 fully saturated rings. The van der Waals surface area contributed by atoms with Crippen LogP contribution in [-0.2, 0) is 6.54 Å². The van der Waals surface area contributed by atoms with Crippen LogP contribution in [0.4, 0.5) is 0 Å². The Bertz CT molecular complexity index is 977. The average Bonchev–Trinajstić information content (AvgIpc) is 3.17. The number of aliphatic hydroxyl groups is 1. The molecule has 5 rings (SSSR count). The van der Waals surface area contributed by atoms with Gasteiger partial charge in [0.2, 0.25) is 0 Å². The fourth-order valence-corrected chi connectivity index (χ4v) is 4.53. The summed E-state index contributed by atoms with van der Waals surface area (Å²) in [5, 5.41) is 15.7. The maximum Gasteiger partial charge on any atom is 0.118 e. The van der Waals surface area contributed by atoms with E-state index in [1.165, 1.54) is 5.56 Å². The average molecular weight is 389 g/mol. The summed E-state index contributed by atoms with van der Waals surface area (Å²) in [7, 11) is 1.68. The third-order valence-corrected chi connectivity index (χ3v) is 6.29. The molecule has 5 nitrogen and oxygen atoms in total. The molecular formula is C24H27N3O2. The van der Waals surface area contributed by atoms with Crippen molar-refractivity contribution in [3.05, 3.63) is 66.4 Å². The highest BCUT2D eigenvalue weighted by Gasteiger charge is 2.51. The molecule has 1 N–H and O–H groups in total. The molecule has 2 aliphatic rings. The van der Waals surface area contributed by atoms with Crippen LogP contribution in [0.3, 0.4) is 0 Å². The number of aromatic nitrogens is 2. The van der Waals surface area contributed by atoms with E-state index in [4.69, 9.17) is 9.84 Å². The normalized spacial score (nSPS) is 20.7. The fourth-order valence-electron chi connectivity index (χ4n) is 4.53. The largest absolute Gasteiger partial charge is 0.497 e. The first-order valence-electron chi connectivity index (χ1n) is 10.4. The number of para-hydroxylation sites is 1. The van der Waals surface area contributed by atoms with E-state index in [0.717, 1.165) is 61.5 Å². The van der Waals surface area contributed by atoms with Gasteiger partial charge in [0.05, 0.1) is 24.1 Å². The Labute approximate surface area is 171 Å². The highest BCUT2D eigenvalue weighted by molar-refractivity contribution is 5.64. The molecule has 29 heavy (non-hydrogen) atoms. The number of nitrogens with zero attached hydrogens (tertiary/aromatic N) is 3. The minimum Gasteiger partial charge on any atom is -0.497 e. The highest BCUT2D eigenvalue weighted by atomic mass is 16.5. The molecule has 0 amide bonds. The van der Waals surface area contributed by atoms with Gasteiger partial charge in [-0.15, -0.1) is 0 Å². The first kappa shape index (κ1) is 18.4. The summed E-state index contributed by atoms with van der Waals surface area (Å²) >= 11 is 0. The maximum absolute atomic E-state index is 10.7. The lowest BCUT2D eigenvalue weighted by Gasteiger charge is -2.28. The van der Waals surface area contributed by atoms with E-state index in [1.807, 2.05) is 35.0 Å². The first-order chi connectivity index (χ1) is 14.2. The monoisotopic (exact) mass is 389 g/mol. The second-order valence-electron chi connectivity index (χ2n) is 8.24. The second kappa shape index (κ2) is 7.32. The molecule has 2 aromatic carbocycles. The molecule has 1 aromatic heterocycles. The third-order valence-electron chi connectivity index (χ3n) is 6.29. The highest BCUT2D eigenvalue weighted by Crippen LogP contribution is 2.45. The van der Waals surface area contributed by atoms with Crippen molar-refractivity contribution in [3.63, 3.8) is 0 Å². The van der Waals surface area contributed by atoms with Crippen molar-refractivity contribution in [2.45, 2.75) is 43.9 Å². The quantitative estimate of drug-likeness (QED) is 0.691. The molecule has 1 saturated heterocycles. The van der Waals surface area contributed by atoms with E-state index < -0.39 is 5.60 Å². The number of hydrogen-bond donors (Lipinski definition) is 1. The lowest BCUT2D eigenvalue weighted by molar-refractivity contribution is 0.0482. The fraction of sp³-hybridized carbons (Fsp3) is 0.375. The van der Waals surface area contributed by atoms with E-state index in [1.54, 1.807) is 7.11 Å². The van der Waals surface area contributed by atoms with E-state index >= 15 is 0 Å².